The second-order valence-corrected chi connectivity index (χ2v) is 9.89. The van der Waals surface area contributed by atoms with Crippen molar-refractivity contribution in [2.75, 3.05) is 52.3 Å². The van der Waals surface area contributed by atoms with Crippen LogP contribution in [0.1, 0.15) is 23.9 Å². The molecular weight excluding hydrogens is 471 g/mol. The minimum absolute atomic E-state index is 0.160. The van der Waals surface area contributed by atoms with Crippen molar-refractivity contribution >= 4 is 22.8 Å². The highest BCUT2D eigenvalue weighted by Crippen LogP contribution is 2.34. The minimum Gasteiger partial charge on any atom is -0.383 e. The lowest BCUT2D eigenvalue weighted by Crippen LogP contribution is -2.43. The zero-order chi connectivity index (χ0) is 25.4. The van der Waals surface area contributed by atoms with Crippen LogP contribution in [0.3, 0.4) is 0 Å². The number of fused-ring (bicyclic) bond motifs is 3. The van der Waals surface area contributed by atoms with Gasteiger partial charge in [0.05, 0.1) is 23.9 Å². The summed E-state index contributed by atoms with van der Waals surface area (Å²) in [5.74, 6) is 1.63. The van der Waals surface area contributed by atoms with E-state index in [0.717, 1.165) is 56.9 Å². The molecule has 1 fully saturated rings. The fourth-order valence-electron chi connectivity index (χ4n) is 5.26. The molecule has 10 heteroatoms. The molecule has 5 heterocycles. The number of rotatable bonds is 7. The molecule has 6 rings (SSSR count). The highest BCUT2D eigenvalue weighted by Gasteiger charge is 2.27. The Hall–Kier alpha value is -3.47. The maximum absolute atomic E-state index is 15.1. The number of pyridine rings is 1. The quantitative estimate of drug-likeness (QED) is 0.410. The summed E-state index contributed by atoms with van der Waals surface area (Å²) in [5.41, 5.74) is 3.65. The summed E-state index contributed by atoms with van der Waals surface area (Å²) in [7, 11) is 3.85. The van der Waals surface area contributed by atoms with E-state index in [-0.39, 0.29) is 11.9 Å². The lowest BCUT2D eigenvalue weighted by atomic mass is 10.1. The standard InChI is InChI=1S/C27H31FN8O/c1-34-9-11-35(12-10-34)16-18-3-5-24(30-15-18)32-27-29-8-7-22(31-27)19-13-21(28)26-23(14-19)36-20(17-37-2)4-6-25(36)33-26/h3,5,7-8,13-15,20H,4,6,9-12,16-17H2,1-2H3,(H,29,30,31,32). The number of aryl methyl sites for hydroxylation is 1. The van der Waals surface area contributed by atoms with Gasteiger partial charge in [0.15, 0.2) is 5.82 Å². The normalized spacial score (nSPS) is 18.4. The third-order valence-corrected chi connectivity index (χ3v) is 7.27. The Bertz CT molecular complexity index is 1400. The molecule has 1 atom stereocenters. The molecule has 0 bridgehead atoms. The Labute approximate surface area is 215 Å². The maximum Gasteiger partial charge on any atom is 0.228 e. The zero-order valence-corrected chi connectivity index (χ0v) is 21.2. The Morgan fingerprint density at radius 2 is 1.95 bits per heavy atom. The SMILES string of the molecule is COCC1CCc2nc3c(F)cc(-c4ccnc(Nc5ccc(CN6CCN(C)CC6)cn5)n4)cc3n21. The number of ether oxygens (including phenoxy) is 1. The number of halogens is 1. The van der Waals surface area contributed by atoms with Gasteiger partial charge in [-0.25, -0.2) is 24.3 Å². The molecule has 1 saturated heterocycles. The second-order valence-electron chi connectivity index (χ2n) is 9.89. The summed E-state index contributed by atoms with van der Waals surface area (Å²) in [6, 6.07) is 9.42. The summed E-state index contributed by atoms with van der Waals surface area (Å²) in [6.45, 7) is 5.79. The first-order valence-electron chi connectivity index (χ1n) is 12.7. The number of nitrogens with zero attached hydrogens (tertiary/aromatic N) is 7. The molecule has 3 aromatic heterocycles. The van der Waals surface area contributed by atoms with Crippen molar-refractivity contribution in [1.82, 2.24) is 34.3 Å². The van der Waals surface area contributed by atoms with Gasteiger partial charge in [0.25, 0.3) is 0 Å². The lowest BCUT2D eigenvalue weighted by molar-refractivity contribution is 0.148. The average Bonchev–Trinajstić information content (AvgIpc) is 3.47. The number of piperazine rings is 1. The topological polar surface area (TPSA) is 84.2 Å². The number of nitrogens with one attached hydrogen (secondary N) is 1. The van der Waals surface area contributed by atoms with Gasteiger partial charge in [-0.15, -0.1) is 0 Å². The predicted molar refractivity (Wildman–Crippen MR) is 140 cm³/mol. The van der Waals surface area contributed by atoms with Gasteiger partial charge >= 0.3 is 0 Å². The number of likely N-dealkylation sites (N-methyl/N-ethyl adjacent to an activating group) is 1. The average molecular weight is 503 g/mol. The maximum atomic E-state index is 15.1. The summed E-state index contributed by atoms with van der Waals surface area (Å²) >= 11 is 0. The summed E-state index contributed by atoms with van der Waals surface area (Å²) in [6.07, 6.45) is 5.33. The molecule has 9 nitrogen and oxygen atoms in total. The van der Waals surface area contributed by atoms with Gasteiger partial charge in [0, 0.05) is 64.2 Å². The van der Waals surface area contributed by atoms with Crippen molar-refractivity contribution in [3.05, 3.63) is 59.9 Å². The van der Waals surface area contributed by atoms with E-state index in [1.807, 2.05) is 18.3 Å². The van der Waals surface area contributed by atoms with Gasteiger partial charge in [-0.1, -0.05) is 6.07 Å². The Morgan fingerprint density at radius 1 is 1.08 bits per heavy atom. The molecule has 0 saturated carbocycles. The van der Waals surface area contributed by atoms with E-state index >= 15 is 4.39 Å². The molecule has 1 unspecified atom stereocenters. The van der Waals surface area contributed by atoms with Gasteiger partial charge in [-0.2, -0.15) is 0 Å². The van der Waals surface area contributed by atoms with Crippen LogP contribution in [-0.2, 0) is 17.7 Å². The zero-order valence-electron chi connectivity index (χ0n) is 21.2. The Balaban J connectivity index is 1.21. The molecule has 2 aliphatic rings. The van der Waals surface area contributed by atoms with E-state index in [0.29, 0.717) is 35.1 Å². The molecule has 0 amide bonds. The van der Waals surface area contributed by atoms with E-state index in [2.05, 4.69) is 52.7 Å². The molecular formula is C27H31FN8O. The molecule has 0 aliphatic carbocycles. The van der Waals surface area contributed by atoms with Crippen molar-refractivity contribution in [1.29, 1.82) is 0 Å². The fraction of sp³-hybridized carbons (Fsp3) is 0.407. The van der Waals surface area contributed by atoms with E-state index in [9.17, 15) is 0 Å². The number of hydrogen-bond acceptors (Lipinski definition) is 8. The first-order valence-corrected chi connectivity index (χ1v) is 12.7. The molecule has 37 heavy (non-hydrogen) atoms. The molecule has 0 spiro atoms. The van der Waals surface area contributed by atoms with Crippen LogP contribution < -0.4 is 5.32 Å². The van der Waals surface area contributed by atoms with Crippen molar-refractivity contribution in [3.63, 3.8) is 0 Å². The molecule has 0 radical (unpaired) electrons. The van der Waals surface area contributed by atoms with Crippen LogP contribution in [0.25, 0.3) is 22.3 Å². The number of benzene rings is 1. The monoisotopic (exact) mass is 502 g/mol. The van der Waals surface area contributed by atoms with Gasteiger partial charge in [-0.05, 0) is 43.3 Å². The van der Waals surface area contributed by atoms with Gasteiger partial charge in [-0.3, -0.25) is 4.90 Å². The first kappa shape index (κ1) is 23.9. The first-order chi connectivity index (χ1) is 18.1. The van der Waals surface area contributed by atoms with Gasteiger partial charge in [0.1, 0.15) is 17.2 Å². The smallest absolute Gasteiger partial charge is 0.228 e. The number of hydrogen-bond donors (Lipinski definition) is 1. The van der Waals surface area contributed by atoms with E-state index in [1.165, 1.54) is 11.6 Å². The number of anilines is 2. The van der Waals surface area contributed by atoms with E-state index in [1.54, 1.807) is 19.4 Å². The summed E-state index contributed by atoms with van der Waals surface area (Å²) in [5, 5.41) is 3.18. The van der Waals surface area contributed by atoms with Crippen LogP contribution in [0, 0.1) is 5.82 Å². The summed E-state index contributed by atoms with van der Waals surface area (Å²) in [4.78, 5) is 22.9. The van der Waals surface area contributed by atoms with Crippen LogP contribution in [0.2, 0.25) is 0 Å². The number of aromatic nitrogens is 5. The highest BCUT2D eigenvalue weighted by molar-refractivity contribution is 5.83. The van der Waals surface area contributed by atoms with Crippen LogP contribution in [0.5, 0.6) is 0 Å². The number of methoxy groups -OCH3 is 1. The van der Waals surface area contributed by atoms with Crippen molar-refractivity contribution in [2.45, 2.75) is 25.4 Å². The lowest BCUT2D eigenvalue weighted by Gasteiger charge is -2.32. The van der Waals surface area contributed by atoms with Crippen molar-refractivity contribution in [3.8, 4) is 11.3 Å². The largest absolute Gasteiger partial charge is 0.383 e. The van der Waals surface area contributed by atoms with Crippen molar-refractivity contribution in [2.24, 2.45) is 0 Å². The molecule has 1 N–H and O–H groups in total. The number of imidazole rings is 1. The third kappa shape index (κ3) is 4.92. The van der Waals surface area contributed by atoms with E-state index in [4.69, 9.17) is 4.74 Å². The van der Waals surface area contributed by atoms with Gasteiger partial charge < -0.3 is 19.5 Å². The molecule has 4 aromatic rings. The molecule has 2 aliphatic heterocycles. The van der Waals surface area contributed by atoms with Crippen LogP contribution in [0.4, 0.5) is 16.2 Å². The van der Waals surface area contributed by atoms with Crippen LogP contribution in [0.15, 0.2) is 42.7 Å². The molecule has 192 valence electrons. The summed E-state index contributed by atoms with van der Waals surface area (Å²) < 4.78 is 22.6. The van der Waals surface area contributed by atoms with Crippen LogP contribution in [-0.4, -0.2) is 81.2 Å². The minimum atomic E-state index is -0.351. The predicted octanol–water partition coefficient (Wildman–Crippen LogP) is 3.65. The Morgan fingerprint density at radius 3 is 2.73 bits per heavy atom. The fourth-order valence-corrected chi connectivity index (χ4v) is 5.26. The Kier molecular flexibility index (Phi) is 6.54. The van der Waals surface area contributed by atoms with Crippen LogP contribution >= 0.6 is 0 Å². The highest BCUT2D eigenvalue weighted by atomic mass is 19.1. The molecule has 1 aromatic carbocycles. The third-order valence-electron chi connectivity index (χ3n) is 7.27. The van der Waals surface area contributed by atoms with Gasteiger partial charge in [0.2, 0.25) is 5.95 Å². The second kappa shape index (κ2) is 10.1. The van der Waals surface area contributed by atoms with Crippen molar-refractivity contribution < 1.29 is 9.13 Å². The van der Waals surface area contributed by atoms with E-state index < -0.39 is 0 Å².